The number of nitrogens with two attached hydrogens (primary N) is 1. The number of hydrogen-bond acceptors (Lipinski definition) is 4. The lowest BCUT2D eigenvalue weighted by molar-refractivity contribution is -0.121. The van der Waals surface area contributed by atoms with Crippen molar-refractivity contribution < 1.29 is 9.53 Å². The van der Waals surface area contributed by atoms with E-state index in [-0.39, 0.29) is 5.91 Å². The van der Waals surface area contributed by atoms with Crippen LogP contribution in [0.1, 0.15) is 32.1 Å². The molecule has 4 nitrogen and oxygen atoms in total. The van der Waals surface area contributed by atoms with Crippen molar-refractivity contribution in [1.82, 2.24) is 0 Å². The summed E-state index contributed by atoms with van der Waals surface area (Å²) >= 11 is 1.87. The van der Waals surface area contributed by atoms with Crippen molar-refractivity contribution in [2.45, 2.75) is 47.8 Å². The van der Waals surface area contributed by atoms with Gasteiger partial charge in [-0.15, -0.1) is 11.8 Å². The monoisotopic (exact) mass is 306 g/mol. The zero-order valence-corrected chi connectivity index (χ0v) is 13.0. The van der Waals surface area contributed by atoms with Crippen LogP contribution in [0, 0.1) is 0 Å². The highest BCUT2D eigenvalue weighted by atomic mass is 32.2. The van der Waals surface area contributed by atoms with E-state index in [9.17, 15) is 4.79 Å². The maximum atomic E-state index is 12.4. The molecular formula is C16H22N2O2S. The number of carbonyl (C=O) groups is 1. The van der Waals surface area contributed by atoms with E-state index < -0.39 is 5.54 Å². The summed E-state index contributed by atoms with van der Waals surface area (Å²) in [6.45, 7) is 0.860. The third kappa shape index (κ3) is 3.42. The van der Waals surface area contributed by atoms with Gasteiger partial charge < -0.3 is 15.8 Å². The van der Waals surface area contributed by atoms with Crippen LogP contribution in [0.4, 0.5) is 5.69 Å². The molecule has 5 heteroatoms. The molecule has 2 fully saturated rings. The van der Waals surface area contributed by atoms with E-state index in [4.69, 9.17) is 10.5 Å². The fourth-order valence-corrected chi connectivity index (χ4v) is 4.20. The summed E-state index contributed by atoms with van der Waals surface area (Å²) in [6.07, 6.45) is 5.74. The molecule has 0 radical (unpaired) electrons. The lowest BCUT2D eigenvalue weighted by Gasteiger charge is -2.22. The van der Waals surface area contributed by atoms with Gasteiger partial charge >= 0.3 is 0 Å². The molecule has 0 bridgehead atoms. The number of carbonyl (C=O) groups excluding carboxylic acids is 1. The summed E-state index contributed by atoms with van der Waals surface area (Å²) in [7, 11) is 0. The van der Waals surface area contributed by atoms with Gasteiger partial charge in [-0.2, -0.15) is 0 Å². The first kappa shape index (κ1) is 14.9. The van der Waals surface area contributed by atoms with Gasteiger partial charge in [-0.05, 0) is 31.4 Å². The number of thioether (sulfide) groups is 1. The number of hydrogen-bond donors (Lipinski definition) is 2. The highest BCUT2D eigenvalue weighted by Crippen LogP contribution is 2.38. The lowest BCUT2D eigenvalue weighted by Crippen LogP contribution is -2.51. The highest BCUT2D eigenvalue weighted by molar-refractivity contribution is 8.00. The van der Waals surface area contributed by atoms with Crippen LogP contribution in [0.3, 0.4) is 0 Å². The molecular weight excluding hydrogens is 284 g/mol. The first-order chi connectivity index (χ1) is 10.2. The van der Waals surface area contributed by atoms with E-state index in [2.05, 4.69) is 11.4 Å². The fourth-order valence-electron chi connectivity index (χ4n) is 2.87. The molecule has 1 amide bonds. The third-order valence-corrected chi connectivity index (χ3v) is 5.65. The van der Waals surface area contributed by atoms with Crippen LogP contribution < -0.4 is 11.1 Å². The van der Waals surface area contributed by atoms with Crippen molar-refractivity contribution in [1.29, 1.82) is 0 Å². The molecule has 1 saturated carbocycles. The molecule has 1 aromatic carbocycles. The van der Waals surface area contributed by atoms with E-state index in [1.54, 1.807) is 0 Å². The Labute approximate surface area is 129 Å². The Balaban J connectivity index is 1.71. The number of anilines is 1. The van der Waals surface area contributed by atoms with Crippen LogP contribution in [0.25, 0.3) is 0 Å². The Bertz CT molecular complexity index is 509. The third-order valence-electron chi connectivity index (χ3n) is 4.24. The number of para-hydroxylation sites is 1. The topological polar surface area (TPSA) is 64.4 Å². The Morgan fingerprint density at radius 2 is 2.10 bits per heavy atom. The smallest absolute Gasteiger partial charge is 0.246 e. The van der Waals surface area contributed by atoms with Crippen LogP contribution in [0.15, 0.2) is 29.2 Å². The summed E-state index contributed by atoms with van der Waals surface area (Å²) < 4.78 is 5.27. The van der Waals surface area contributed by atoms with Crippen LogP contribution in [0.5, 0.6) is 0 Å². The minimum absolute atomic E-state index is 0.139. The second kappa shape index (κ2) is 6.38. The van der Waals surface area contributed by atoms with Gasteiger partial charge in [0.2, 0.25) is 5.91 Å². The van der Waals surface area contributed by atoms with Gasteiger partial charge in [-0.1, -0.05) is 25.0 Å². The van der Waals surface area contributed by atoms with Crippen molar-refractivity contribution in [3.05, 3.63) is 24.3 Å². The standard InChI is InChI=1S/C16H22N2O2S/c17-16(9-10-20-11-16)15(19)18-13-7-3-4-8-14(13)21-12-5-1-2-6-12/h3-4,7-8,12H,1-2,5-6,9-11,17H2,(H,18,19). The molecule has 1 aromatic rings. The summed E-state index contributed by atoms with van der Waals surface area (Å²) in [6, 6.07) is 7.99. The summed E-state index contributed by atoms with van der Waals surface area (Å²) in [5.74, 6) is -0.139. The second-order valence-electron chi connectivity index (χ2n) is 5.93. The minimum atomic E-state index is -0.884. The second-order valence-corrected chi connectivity index (χ2v) is 7.28. The minimum Gasteiger partial charge on any atom is -0.379 e. The molecule has 1 atom stereocenters. The van der Waals surface area contributed by atoms with Gasteiger partial charge in [0, 0.05) is 16.8 Å². The van der Waals surface area contributed by atoms with Crippen molar-refractivity contribution in [3.63, 3.8) is 0 Å². The first-order valence-electron chi connectivity index (χ1n) is 7.61. The summed E-state index contributed by atoms with van der Waals surface area (Å²) in [5.41, 5.74) is 6.11. The molecule has 3 rings (SSSR count). The molecule has 1 unspecified atom stereocenters. The van der Waals surface area contributed by atoms with Crippen LogP contribution >= 0.6 is 11.8 Å². The zero-order valence-electron chi connectivity index (χ0n) is 12.1. The highest BCUT2D eigenvalue weighted by Gasteiger charge is 2.38. The van der Waals surface area contributed by atoms with E-state index in [0.717, 1.165) is 10.6 Å². The van der Waals surface area contributed by atoms with E-state index >= 15 is 0 Å². The SMILES string of the molecule is NC1(C(=O)Nc2ccccc2SC2CCCC2)CCOC1. The predicted molar refractivity (Wildman–Crippen MR) is 85.5 cm³/mol. The molecule has 3 N–H and O–H groups in total. The Kier molecular flexibility index (Phi) is 4.52. The number of amides is 1. The molecule has 114 valence electrons. The Morgan fingerprint density at radius 1 is 1.33 bits per heavy atom. The maximum Gasteiger partial charge on any atom is 0.246 e. The quantitative estimate of drug-likeness (QED) is 0.898. The predicted octanol–water partition coefficient (Wildman–Crippen LogP) is 2.78. The van der Waals surface area contributed by atoms with E-state index in [1.807, 2.05) is 30.0 Å². The Hall–Kier alpha value is -1.04. The molecule has 1 aliphatic carbocycles. The van der Waals surface area contributed by atoms with Crippen molar-refractivity contribution >= 4 is 23.4 Å². The van der Waals surface area contributed by atoms with Gasteiger partial charge in [0.25, 0.3) is 0 Å². The molecule has 0 spiro atoms. The zero-order chi connectivity index (χ0) is 14.7. The molecule has 21 heavy (non-hydrogen) atoms. The van der Waals surface area contributed by atoms with Crippen molar-refractivity contribution in [2.24, 2.45) is 5.73 Å². The Morgan fingerprint density at radius 3 is 2.81 bits per heavy atom. The van der Waals surface area contributed by atoms with Gasteiger partial charge in [-0.3, -0.25) is 4.79 Å². The van der Waals surface area contributed by atoms with Gasteiger partial charge in [0.05, 0.1) is 12.3 Å². The lowest BCUT2D eigenvalue weighted by atomic mass is 9.99. The normalized spacial score (nSPS) is 26.1. The molecule has 0 aromatic heterocycles. The van der Waals surface area contributed by atoms with Crippen LogP contribution in [-0.4, -0.2) is 29.9 Å². The summed E-state index contributed by atoms with van der Waals surface area (Å²) in [4.78, 5) is 13.5. The molecule has 1 saturated heterocycles. The number of ether oxygens (including phenoxy) is 1. The van der Waals surface area contributed by atoms with Crippen molar-refractivity contribution in [3.8, 4) is 0 Å². The van der Waals surface area contributed by atoms with Gasteiger partial charge in [-0.25, -0.2) is 0 Å². The van der Waals surface area contributed by atoms with E-state index in [1.165, 1.54) is 25.7 Å². The van der Waals surface area contributed by atoms with Crippen LogP contribution in [-0.2, 0) is 9.53 Å². The van der Waals surface area contributed by atoms with Crippen molar-refractivity contribution in [2.75, 3.05) is 18.5 Å². The van der Waals surface area contributed by atoms with Gasteiger partial charge in [0.1, 0.15) is 5.54 Å². The van der Waals surface area contributed by atoms with E-state index in [0.29, 0.717) is 24.9 Å². The number of benzene rings is 1. The first-order valence-corrected chi connectivity index (χ1v) is 8.49. The largest absolute Gasteiger partial charge is 0.379 e. The average molecular weight is 306 g/mol. The molecule has 2 aliphatic rings. The summed E-state index contributed by atoms with van der Waals surface area (Å²) in [5, 5.41) is 3.67. The van der Waals surface area contributed by atoms with Crippen LogP contribution in [0.2, 0.25) is 0 Å². The number of nitrogens with one attached hydrogen (secondary N) is 1. The van der Waals surface area contributed by atoms with Gasteiger partial charge in [0.15, 0.2) is 0 Å². The molecule has 1 heterocycles. The molecule has 1 aliphatic heterocycles. The average Bonchev–Trinajstić information content (AvgIpc) is 3.13. The number of rotatable bonds is 4. The maximum absolute atomic E-state index is 12.4. The fraction of sp³-hybridized carbons (Fsp3) is 0.562.